The Labute approximate surface area is 604 Å². The molecular formula is C81H132O17P2. The van der Waals surface area contributed by atoms with Crippen molar-refractivity contribution in [1.29, 1.82) is 0 Å². The molecule has 0 saturated carbocycles. The minimum absolute atomic E-state index is 0.0283. The smallest absolute Gasteiger partial charge is 0.462 e. The van der Waals surface area contributed by atoms with E-state index in [1.54, 1.807) is 6.08 Å². The van der Waals surface area contributed by atoms with Gasteiger partial charge in [-0.2, -0.15) is 0 Å². The van der Waals surface area contributed by atoms with Crippen LogP contribution >= 0.6 is 15.6 Å². The molecule has 3 N–H and O–H groups in total. The van der Waals surface area contributed by atoms with Gasteiger partial charge in [-0.1, -0.05) is 263 Å². The molecule has 0 aliphatic rings. The summed E-state index contributed by atoms with van der Waals surface area (Å²) in [7, 11) is -10.0. The number of ether oxygens (including phenoxy) is 4. The van der Waals surface area contributed by atoms with Gasteiger partial charge in [-0.05, 0) is 141 Å². The van der Waals surface area contributed by atoms with Crippen LogP contribution in [0.5, 0.6) is 0 Å². The third-order valence-corrected chi connectivity index (χ3v) is 16.9. The maximum Gasteiger partial charge on any atom is 0.472 e. The molecule has 5 atom stereocenters. The maximum atomic E-state index is 13.1. The molecule has 568 valence electrons. The van der Waals surface area contributed by atoms with E-state index in [0.717, 1.165) is 135 Å². The summed E-state index contributed by atoms with van der Waals surface area (Å²) in [6.07, 6.45) is 82.9. The highest BCUT2D eigenvalue weighted by Gasteiger charge is 2.30. The van der Waals surface area contributed by atoms with Crippen molar-refractivity contribution in [1.82, 2.24) is 0 Å². The number of unbranched alkanes of at least 4 members (excludes halogenated alkanes) is 18. The van der Waals surface area contributed by atoms with Crippen molar-refractivity contribution in [2.45, 2.75) is 290 Å². The minimum Gasteiger partial charge on any atom is -0.462 e. The van der Waals surface area contributed by atoms with Crippen LogP contribution in [-0.2, 0) is 65.4 Å². The molecule has 0 aliphatic carbocycles. The molecule has 0 aromatic rings. The number of rotatable bonds is 69. The number of aliphatic hydroxyl groups is 1. The van der Waals surface area contributed by atoms with Crippen LogP contribution in [0.15, 0.2) is 158 Å². The molecule has 100 heavy (non-hydrogen) atoms. The van der Waals surface area contributed by atoms with Crippen LogP contribution in [0.2, 0.25) is 0 Å². The van der Waals surface area contributed by atoms with Gasteiger partial charge in [0.15, 0.2) is 12.2 Å². The number of aliphatic hydroxyl groups excluding tert-OH is 1. The summed E-state index contributed by atoms with van der Waals surface area (Å²) in [4.78, 5) is 72.7. The molecule has 0 aliphatic heterocycles. The predicted octanol–water partition coefficient (Wildman–Crippen LogP) is 21.7. The normalized spacial score (nSPS) is 14.8. The molecule has 0 bridgehead atoms. The van der Waals surface area contributed by atoms with Gasteiger partial charge in [0.05, 0.1) is 32.8 Å². The van der Waals surface area contributed by atoms with Gasteiger partial charge in [-0.3, -0.25) is 37.3 Å². The molecular weight excluding hydrogens is 1310 g/mol. The molecule has 0 heterocycles. The number of allylic oxidation sites excluding steroid dienone is 25. The second-order valence-corrected chi connectivity index (χ2v) is 27.4. The molecule has 19 heteroatoms. The Morgan fingerprint density at radius 3 is 0.930 bits per heavy atom. The fraction of sp³-hybridized carbons (Fsp3) is 0.630. The first-order valence-electron chi connectivity index (χ1n) is 37.7. The molecule has 0 aromatic carbocycles. The number of phosphoric acid groups is 2. The summed E-state index contributed by atoms with van der Waals surface area (Å²) in [6, 6.07) is 0. The van der Waals surface area contributed by atoms with Gasteiger partial charge in [0, 0.05) is 19.3 Å². The third kappa shape index (κ3) is 71.1. The summed E-state index contributed by atoms with van der Waals surface area (Å²) in [6.45, 7) is 4.36. The number of esters is 4. The topological polar surface area (TPSA) is 237 Å². The Bertz CT molecular complexity index is 2520. The zero-order valence-corrected chi connectivity index (χ0v) is 63.6. The Balaban J connectivity index is 5.48. The van der Waals surface area contributed by atoms with E-state index in [-0.39, 0.29) is 25.7 Å². The van der Waals surface area contributed by atoms with Gasteiger partial charge in [-0.15, -0.1) is 0 Å². The van der Waals surface area contributed by atoms with Crippen LogP contribution in [0.25, 0.3) is 0 Å². The van der Waals surface area contributed by atoms with Gasteiger partial charge < -0.3 is 33.8 Å². The summed E-state index contributed by atoms with van der Waals surface area (Å²) < 4.78 is 68.2. The Morgan fingerprint density at radius 2 is 0.580 bits per heavy atom. The van der Waals surface area contributed by atoms with E-state index in [1.165, 1.54) is 51.4 Å². The molecule has 0 fully saturated rings. The molecule has 0 aromatic heterocycles. The third-order valence-electron chi connectivity index (χ3n) is 15.0. The van der Waals surface area contributed by atoms with E-state index >= 15 is 0 Å². The van der Waals surface area contributed by atoms with E-state index < -0.39 is 97.5 Å². The first-order chi connectivity index (χ1) is 48.7. The van der Waals surface area contributed by atoms with Crippen molar-refractivity contribution in [3.8, 4) is 0 Å². The highest BCUT2D eigenvalue weighted by atomic mass is 31.2. The highest BCUT2D eigenvalue weighted by molar-refractivity contribution is 7.47. The fourth-order valence-corrected chi connectivity index (χ4v) is 10.9. The van der Waals surface area contributed by atoms with E-state index in [4.69, 9.17) is 37.0 Å². The van der Waals surface area contributed by atoms with Crippen LogP contribution < -0.4 is 0 Å². The van der Waals surface area contributed by atoms with Crippen LogP contribution in [0, 0.1) is 0 Å². The molecule has 0 rings (SSSR count). The van der Waals surface area contributed by atoms with E-state index in [2.05, 4.69) is 143 Å². The van der Waals surface area contributed by atoms with E-state index in [0.29, 0.717) is 32.1 Å². The summed E-state index contributed by atoms with van der Waals surface area (Å²) >= 11 is 0. The summed E-state index contributed by atoms with van der Waals surface area (Å²) in [5.41, 5.74) is 0. The number of phosphoric ester groups is 2. The lowest BCUT2D eigenvalue weighted by atomic mass is 10.1. The van der Waals surface area contributed by atoms with Crippen molar-refractivity contribution in [3.63, 3.8) is 0 Å². The van der Waals surface area contributed by atoms with Crippen molar-refractivity contribution in [2.75, 3.05) is 39.6 Å². The minimum atomic E-state index is -5.00. The molecule has 0 radical (unpaired) electrons. The molecule has 0 spiro atoms. The highest BCUT2D eigenvalue weighted by Crippen LogP contribution is 2.45. The lowest BCUT2D eigenvalue weighted by molar-refractivity contribution is -0.161. The largest absolute Gasteiger partial charge is 0.472 e. The van der Waals surface area contributed by atoms with E-state index in [1.807, 2.05) is 36.5 Å². The lowest BCUT2D eigenvalue weighted by Crippen LogP contribution is -2.30. The SMILES string of the molecule is CC/C=C\C/C=C\C/C=C\C/C=C\C/C=C\C/C=C\CCC(=O)OCC(COP(=O)(O)OCC(O)COP(=O)(O)OCC(COC(=O)C/C=C\C/C=C\C/C=C\C/C=C\C/C=C\CC)OC(=O)CCCCCCC/C=C\CCCCCC)OC(=O)CCCCCCC/C=C\CCCCCC. The van der Waals surface area contributed by atoms with Crippen LogP contribution in [-0.4, -0.2) is 96.7 Å². The Morgan fingerprint density at radius 1 is 0.300 bits per heavy atom. The average Bonchev–Trinajstić information content (AvgIpc) is 0.935. The fourth-order valence-electron chi connectivity index (χ4n) is 9.31. The second-order valence-electron chi connectivity index (χ2n) is 24.5. The first kappa shape index (κ1) is 94.7. The molecule has 0 amide bonds. The van der Waals surface area contributed by atoms with Crippen molar-refractivity contribution >= 4 is 39.5 Å². The van der Waals surface area contributed by atoms with Crippen molar-refractivity contribution in [2.24, 2.45) is 0 Å². The van der Waals surface area contributed by atoms with Gasteiger partial charge >= 0.3 is 39.5 Å². The monoisotopic (exact) mass is 1440 g/mol. The van der Waals surface area contributed by atoms with E-state index in [9.17, 15) is 43.2 Å². The predicted molar refractivity (Wildman–Crippen MR) is 408 cm³/mol. The van der Waals surface area contributed by atoms with Gasteiger partial charge in [-0.25, -0.2) is 9.13 Å². The van der Waals surface area contributed by atoms with Crippen LogP contribution in [0.3, 0.4) is 0 Å². The standard InChI is InChI=1S/C81H132O17P2/c1-5-9-13-17-21-25-29-33-35-36-37-38-40-44-46-50-54-58-62-66-79(84)92-72-77(98-81(86)68-64-60-56-52-48-42-32-28-24-20-16-12-8-4)74-96-100(89,90)94-70-75(82)69-93-99(87,88)95-73-76(97-80(85)67-63-59-55-51-47-41-31-27-23-19-15-11-7-3)71-91-78(83)65-61-57-53-49-45-43-39-34-30-26-22-18-14-10-6-2/h9-10,13-14,21-22,25-28,31-35,37-39,44-46,49,54,57-58,61,75-77,82H,5-8,11-12,15-20,23-24,29-30,36,40-43,47-48,50-53,55-56,59-60,62-74H2,1-4H3,(H,87,88)(H,89,90)/b13-9-,14-10-,25-21-,26-22-,31-27-,32-28-,35-33-,38-37-,39-34-,46-44-,49-45-,58-54-,61-57-. The Kier molecular flexibility index (Phi) is 68.2. The van der Waals surface area contributed by atoms with Crippen LogP contribution in [0.1, 0.15) is 272 Å². The number of hydrogen-bond donors (Lipinski definition) is 3. The van der Waals surface area contributed by atoms with Gasteiger partial charge in [0.25, 0.3) is 0 Å². The first-order valence-corrected chi connectivity index (χ1v) is 40.7. The molecule has 17 nitrogen and oxygen atoms in total. The zero-order chi connectivity index (χ0) is 73.2. The number of carbonyl (C=O) groups is 4. The lowest BCUT2D eigenvalue weighted by Gasteiger charge is -2.21. The van der Waals surface area contributed by atoms with Gasteiger partial charge in [0.2, 0.25) is 0 Å². The second kappa shape index (κ2) is 72.0. The van der Waals surface area contributed by atoms with Crippen LogP contribution in [0.4, 0.5) is 0 Å². The molecule has 0 saturated heterocycles. The zero-order valence-electron chi connectivity index (χ0n) is 61.8. The summed E-state index contributed by atoms with van der Waals surface area (Å²) in [5.74, 6) is -2.45. The molecule has 5 unspecified atom stereocenters. The quantitative estimate of drug-likeness (QED) is 0.0169. The number of hydrogen-bond acceptors (Lipinski definition) is 15. The van der Waals surface area contributed by atoms with Crippen molar-refractivity contribution in [3.05, 3.63) is 158 Å². The van der Waals surface area contributed by atoms with Crippen molar-refractivity contribution < 1.29 is 80.2 Å². The summed E-state index contributed by atoms with van der Waals surface area (Å²) in [5, 5.41) is 10.6. The Hall–Kier alpha value is -5.32. The maximum absolute atomic E-state index is 13.1. The van der Waals surface area contributed by atoms with Gasteiger partial charge in [0.1, 0.15) is 19.3 Å². The number of carbonyl (C=O) groups excluding carboxylic acids is 4. The average molecular weight is 1440 g/mol.